The number of amides is 2. The Morgan fingerprint density at radius 2 is 1.66 bits per heavy atom. The number of carbonyl (C=O) groups excluding carboxylic acids is 2. The summed E-state index contributed by atoms with van der Waals surface area (Å²) in [6, 6.07) is 16.1. The molecule has 0 aliphatic heterocycles. The summed E-state index contributed by atoms with van der Waals surface area (Å²) in [7, 11) is 0. The number of pyridine rings is 1. The molecule has 0 bridgehead atoms. The summed E-state index contributed by atoms with van der Waals surface area (Å²) in [6.07, 6.45) is -5.15. The van der Waals surface area contributed by atoms with Crippen molar-refractivity contribution in [3.8, 4) is 11.5 Å². The van der Waals surface area contributed by atoms with Crippen LogP contribution in [0.15, 0.2) is 60.7 Å². The molecule has 0 saturated carbocycles. The SMILES string of the molecule is CCOc1cc(C(Nc2ccc(C(=N)N)cc2)C(=O)NNC(=O)c2cccc(C)n2)ccc1OC(C)C.O=C(O)C(F)(F)F. The maximum absolute atomic E-state index is 13.3. The number of hydrogen-bond donors (Lipinski definition) is 6. The highest BCUT2D eigenvalue weighted by Crippen LogP contribution is 2.33. The van der Waals surface area contributed by atoms with Crippen LogP contribution in [0.4, 0.5) is 18.9 Å². The van der Waals surface area contributed by atoms with E-state index in [-0.39, 0.29) is 17.6 Å². The predicted molar refractivity (Wildman–Crippen MR) is 155 cm³/mol. The van der Waals surface area contributed by atoms with Crippen LogP contribution in [0, 0.1) is 12.3 Å². The Morgan fingerprint density at radius 3 is 2.18 bits per heavy atom. The topological polar surface area (TPSA) is 189 Å². The standard InChI is InChI=1S/C27H32N6O4.C2HF3O2/c1-5-36-23-15-19(11-14-22(23)37-16(2)3)24(31-20-12-9-18(10-13-20)25(28)29)27(35)33-32-26(34)21-8-6-7-17(4)30-21;3-2(4,5)1(6)7/h6-16,24,31H,5H2,1-4H3,(H3,28,29)(H,32,34)(H,33,35);(H,6,7). The van der Waals surface area contributed by atoms with Crippen LogP contribution in [0.2, 0.25) is 0 Å². The molecule has 0 aliphatic rings. The van der Waals surface area contributed by atoms with Gasteiger partial charge in [-0.3, -0.25) is 25.8 Å². The van der Waals surface area contributed by atoms with E-state index in [9.17, 15) is 22.8 Å². The molecule has 0 saturated heterocycles. The summed E-state index contributed by atoms with van der Waals surface area (Å²) in [4.78, 5) is 38.9. The van der Waals surface area contributed by atoms with Crippen LogP contribution in [-0.2, 0) is 9.59 Å². The minimum atomic E-state index is -5.08. The third kappa shape index (κ3) is 10.8. The van der Waals surface area contributed by atoms with Crippen molar-refractivity contribution in [2.75, 3.05) is 11.9 Å². The number of aryl methyl sites for hydroxylation is 1. The molecule has 1 aromatic heterocycles. The molecule has 2 aromatic carbocycles. The van der Waals surface area contributed by atoms with Gasteiger partial charge in [0.1, 0.15) is 17.6 Å². The maximum atomic E-state index is 13.3. The first-order chi connectivity index (χ1) is 20.6. The number of carbonyl (C=O) groups is 3. The summed E-state index contributed by atoms with van der Waals surface area (Å²) in [5, 5.41) is 17.9. The lowest BCUT2D eigenvalue weighted by atomic mass is 10.0. The fourth-order valence-corrected chi connectivity index (χ4v) is 3.46. The highest BCUT2D eigenvalue weighted by atomic mass is 19.4. The van der Waals surface area contributed by atoms with Crippen molar-refractivity contribution in [2.45, 2.75) is 46.0 Å². The molecular weight excluding hydrogens is 585 g/mol. The van der Waals surface area contributed by atoms with Crippen molar-refractivity contribution >= 4 is 29.3 Å². The second-order valence-electron chi connectivity index (χ2n) is 9.28. The Morgan fingerprint density at radius 1 is 1.02 bits per heavy atom. The number of carboxylic acids is 1. The minimum Gasteiger partial charge on any atom is -0.490 e. The molecule has 1 atom stereocenters. The van der Waals surface area contributed by atoms with E-state index in [2.05, 4.69) is 21.2 Å². The molecule has 1 unspecified atom stereocenters. The molecule has 15 heteroatoms. The number of aliphatic carboxylic acids is 1. The third-order valence-corrected chi connectivity index (χ3v) is 5.40. The van der Waals surface area contributed by atoms with Crippen molar-refractivity contribution in [1.82, 2.24) is 15.8 Å². The summed E-state index contributed by atoms with van der Waals surface area (Å²) in [5.41, 5.74) is 13.1. The molecule has 0 radical (unpaired) electrons. The monoisotopic (exact) mass is 618 g/mol. The van der Waals surface area contributed by atoms with E-state index in [0.29, 0.717) is 40.6 Å². The van der Waals surface area contributed by atoms with Crippen LogP contribution >= 0.6 is 0 Å². The number of nitrogens with one attached hydrogen (secondary N) is 4. The van der Waals surface area contributed by atoms with E-state index in [0.717, 1.165) is 0 Å². The van der Waals surface area contributed by atoms with Crippen molar-refractivity contribution in [3.63, 3.8) is 0 Å². The van der Waals surface area contributed by atoms with Crippen molar-refractivity contribution in [3.05, 3.63) is 83.2 Å². The van der Waals surface area contributed by atoms with Gasteiger partial charge < -0.3 is 25.6 Å². The number of hydrogen-bond acceptors (Lipinski definition) is 8. The highest BCUT2D eigenvalue weighted by Gasteiger charge is 2.38. The molecule has 1 heterocycles. The van der Waals surface area contributed by atoms with E-state index in [4.69, 9.17) is 30.5 Å². The molecule has 236 valence electrons. The average molecular weight is 619 g/mol. The number of ether oxygens (including phenoxy) is 2. The number of amidine groups is 1. The lowest BCUT2D eigenvalue weighted by Crippen LogP contribution is -2.45. The molecule has 2 amide bonds. The van der Waals surface area contributed by atoms with Gasteiger partial charge in [0, 0.05) is 16.9 Å². The van der Waals surface area contributed by atoms with E-state index in [1.807, 2.05) is 20.8 Å². The Kier molecular flexibility index (Phi) is 12.5. The zero-order valence-electron chi connectivity index (χ0n) is 24.3. The average Bonchev–Trinajstić information content (AvgIpc) is 2.95. The number of nitrogen functional groups attached to an aromatic ring is 1. The lowest BCUT2D eigenvalue weighted by Gasteiger charge is -2.22. The maximum Gasteiger partial charge on any atom is 0.490 e. The summed E-state index contributed by atoms with van der Waals surface area (Å²) in [5.74, 6) is -2.82. The lowest BCUT2D eigenvalue weighted by molar-refractivity contribution is -0.192. The number of halogens is 3. The first-order valence-electron chi connectivity index (χ1n) is 13.1. The van der Waals surface area contributed by atoms with Gasteiger partial charge in [0.15, 0.2) is 11.5 Å². The van der Waals surface area contributed by atoms with Crippen molar-refractivity contribution in [2.24, 2.45) is 5.73 Å². The van der Waals surface area contributed by atoms with Gasteiger partial charge in [-0.1, -0.05) is 12.1 Å². The molecule has 0 fully saturated rings. The molecule has 3 aromatic rings. The van der Waals surface area contributed by atoms with Crippen LogP contribution in [0.25, 0.3) is 0 Å². The largest absolute Gasteiger partial charge is 0.490 e. The fraction of sp³-hybridized carbons (Fsp3) is 0.276. The van der Waals surface area contributed by atoms with Crippen molar-refractivity contribution in [1.29, 1.82) is 5.41 Å². The van der Waals surface area contributed by atoms with Gasteiger partial charge in [-0.05, 0) is 81.8 Å². The van der Waals surface area contributed by atoms with Crippen LogP contribution in [0.1, 0.15) is 54.1 Å². The van der Waals surface area contributed by atoms with Gasteiger partial charge >= 0.3 is 12.1 Å². The second kappa shape index (κ2) is 15.8. The Bertz CT molecular complexity index is 1460. The van der Waals surface area contributed by atoms with Gasteiger partial charge in [0.2, 0.25) is 0 Å². The van der Waals surface area contributed by atoms with Gasteiger partial charge in [-0.15, -0.1) is 0 Å². The highest BCUT2D eigenvalue weighted by molar-refractivity contribution is 5.96. The molecule has 0 spiro atoms. The normalized spacial score (nSPS) is 11.4. The Hall–Kier alpha value is -5.34. The number of hydrazine groups is 1. The number of alkyl halides is 3. The van der Waals surface area contributed by atoms with Gasteiger partial charge in [-0.25, -0.2) is 9.78 Å². The number of anilines is 1. The van der Waals surface area contributed by atoms with E-state index in [1.54, 1.807) is 67.6 Å². The summed E-state index contributed by atoms with van der Waals surface area (Å²) >= 11 is 0. The molecule has 0 aliphatic carbocycles. The number of carboxylic acid groups (broad SMARTS) is 1. The summed E-state index contributed by atoms with van der Waals surface area (Å²) in [6.45, 7) is 7.87. The van der Waals surface area contributed by atoms with Gasteiger partial charge in [0.05, 0.1) is 12.7 Å². The van der Waals surface area contributed by atoms with E-state index in [1.165, 1.54) is 0 Å². The zero-order valence-corrected chi connectivity index (χ0v) is 24.3. The smallest absolute Gasteiger partial charge is 0.490 e. The molecule has 3 rings (SSSR count). The number of benzene rings is 2. The number of nitrogens with zero attached hydrogens (tertiary/aromatic N) is 1. The Balaban J connectivity index is 0.000000860. The van der Waals surface area contributed by atoms with Crippen LogP contribution in [0.3, 0.4) is 0 Å². The van der Waals surface area contributed by atoms with Crippen LogP contribution < -0.4 is 31.4 Å². The van der Waals surface area contributed by atoms with Crippen LogP contribution in [-0.4, -0.2) is 52.6 Å². The molecular formula is C29H33F3N6O6. The number of rotatable bonds is 10. The first kappa shape index (κ1) is 34.9. The zero-order chi connectivity index (χ0) is 33.0. The van der Waals surface area contributed by atoms with Crippen molar-refractivity contribution < 1.29 is 42.1 Å². The fourth-order valence-electron chi connectivity index (χ4n) is 3.46. The number of aromatic nitrogens is 1. The molecule has 44 heavy (non-hydrogen) atoms. The van der Waals surface area contributed by atoms with Gasteiger partial charge in [0.25, 0.3) is 11.8 Å². The van der Waals surface area contributed by atoms with E-state index < -0.39 is 30.0 Å². The molecule has 7 N–H and O–H groups in total. The predicted octanol–water partition coefficient (Wildman–Crippen LogP) is 4.11. The van der Waals surface area contributed by atoms with Gasteiger partial charge in [-0.2, -0.15) is 13.2 Å². The number of nitrogens with two attached hydrogens (primary N) is 1. The second-order valence-corrected chi connectivity index (χ2v) is 9.28. The molecule has 12 nitrogen and oxygen atoms in total. The first-order valence-corrected chi connectivity index (χ1v) is 13.1. The quantitative estimate of drug-likeness (QED) is 0.110. The third-order valence-electron chi connectivity index (χ3n) is 5.40. The minimum absolute atomic E-state index is 0.0598. The summed E-state index contributed by atoms with van der Waals surface area (Å²) < 4.78 is 43.3. The van der Waals surface area contributed by atoms with Crippen LogP contribution in [0.5, 0.6) is 11.5 Å². The van der Waals surface area contributed by atoms with E-state index >= 15 is 0 Å². The Labute approximate surface area is 251 Å².